The molecule has 2 N–H and O–H groups in total. The maximum Gasteiger partial charge on any atom is 0.233 e. The summed E-state index contributed by atoms with van der Waals surface area (Å²) in [7, 11) is 0. The Morgan fingerprint density at radius 2 is 2.19 bits per heavy atom. The maximum atomic E-state index is 5.72. The van der Waals surface area contributed by atoms with E-state index in [-0.39, 0.29) is 5.41 Å². The minimum absolute atomic E-state index is 0.226. The van der Waals surface area contributed by atoms with Crippen LogP contribution in [0.1, 0.15) is 45.3 Å². The van der Waals surface area contributed by atoms with E-state index in [1.807, 2.05) is 6.92 Å². The van der Waals surface area contributed by atoms with Crippen molar-refractivity contribution in [2.75, 3.05) is 13.2 Å². The predicted molar refractivity (Wildman–Crippen MR) is 60.9 cm³/mol. The van der Waals surface area contributed by atoms with Crippen molar-refractivity contribution in [2.24, 2.45) is 5.73 Å². The van der Waals surface area contributed by atoms with Crippen molar-refractivity contribution in [3.63, 3.8) is 0 Å². The Labute approximate surface area is 96.4 Å². The fourth-order valence-corrected chi connectivity index (χ4v) is 1.25. The highest BCUT2D eigenvalue weighted by Crippen LogP contribution is 2.24. The van der Waals surface area contributed by atoms with Crippen LogP contribution in [-0.2, 0) is 16.8 Å². The molecule has 0 saturated carbocycles. The number of ether oxygens (including phenoxy) is 1. The molecule has 0 saturated heterocycles. The number of rotatable bonds is 7. The van der Waals surface area contributed by atoms with E-state index in [4.69, 9.17) is 15.0 Å². The second kappa shape index (κ2) is 5.96. The normalized spacial score (nSPS) is 15.0. The van der Waals surface area contributed by atoms with E-state index in [0.29, 0.717) is 31.5 Å². The van der Waals surface area contributed by atoms with Crippen LogP contribution < -0.4 is 5.73 Å². The van der Waals surface area contributed by atoms with Crippen molar-refractivity contribution in [1.82, 2.24) is 10.1 Å². The average molecular weight is 227 g/mol. The van der Waals surface area contributed by atoms with Crippen molar-refractivity contribution in [3.05, 3.63) is 11.7 Å². The molecule has 0 aliphatic rings. The van der Waals surface area contributed by atoms with Crippen LogP contribution in [0.4, 0.5) is 0 Å². The topological polar surface area (TPSA) is 74.2 Å². The first-order chi connectivity index (χ1) is 7.66. The van der Waals surface area contributed by atoms with E-state index in [1.165, 1.54) is 0 Å². The van der Waals surface area contributed by atoms with Gasteiger partial charge in [0.2, 0.25) is 5.89 Å². The predicted octanol–water partition coefficient (Wildman–Crippen LogP) is 1.62. The van der Waals surface area contributed by atoms with E-state index in [9.17, 15) is 0 Å². The second-order valence-corrected chi connectivity index (χ2v) is 4.19. The van der Waals surface area contributed by atoms with Gasteiger partial charge in [0.05, 0.1) is 5.41 Å². The fraction of sp³-hybridized carbons (Fsp3) is 0.818. The summed E-state index contributed by atoms with van der Waals surface area (Å²) in [5, 5.41) is 3.88. The molecule has 16 heavy (non-hydrogen) atoms. The lowest BCUT2D eigenvalue weighted by Crippen LogP contribution is -2.31. The number of nitrogens with two attached hydrogens (primary N) is 1. The van der Waals surface area contributed by atoms with Crippen molar-refractivity contribution >= 4 is 0 Å². The first kappa shape index (κ1) is 13.1. The SMILES string of the molecule is CCCOCc1noc(C(C)(CC)CN)n1. The molecule has 0 radical (unpaired) electrons. The van der Waals surface area contributed by atoms with Crippen molar-refractivity contribution in [1.29, 1.82) is 0 Å². The quantitative estimate of drug-likeness (QED) is 0.716. The van der Waals surface area contributed by atoms with Gasteiger partial charge in [0, 0.05) is 13.2 Å². The van der Waals surface area contributed by atoms with Crippen LogP contribution in [0.2, 0.25) is 0 Å². The monoisotopic (exact) mass is 227 g/mol. The highest BCUT2D eigenvalue weighted by atomic mass is 16.5. The molecule has 0 aliphatic heterocycles. The highest BCUT2D eigenvalue weighted by Gasteiger charge is 2.29. The summed E-state index contributed by atoms with van der Waals surface area (Å²) in [6, 6.07) is 0. The summed E-state index contributed by atoms with van der Waals surface area (Å²) in [5.74, 6) is 1.20. The molecule has 0 bridgehead atoms. The van der Waals surface area contributed by atoms with Gasteiger partial charge < -0.3 is 15.0 Å². The molecule has 1 aromatic heterocycles. The molecule has 92 valence electrons. The third kappa shape index (κ3) is 3.02. The third-order valence-electron chi connectivity index (χ3n) is 2.79. The van der Waals surface area contributed by atoms with Crippen molar-refractivity contribution in [2.45, 2.75) is 45.6 Å². The Kier molecular flexibility index (Phi) is 4.89. The molecule has 1 atom stereocenters. The van der Waals surface area contributed by atoms with Gasteiger partial charge in [0.15, 0.2) is 5.82 Å². The Hall–Kier alpha value is -0.940. The summed E-state index contributed by atoms with van der Waals surface area (Å²) in [4.78, 5) is 4.31. The fourth-order valence-electron chi connectivity index (χ4n) is 1.25. The minimum Gasteiger partial charge on any atom is -0.373 e. The van der Waals surface area contributed by atoms with Gasteiger partial charge >= 0.3 is 0 Å². The lowest BCUT2D eigenvalue weighted by molar-refractivity contribution is 0.114. The summed E-state index contributed by atoms with van der Waals surface area (Å²) in [6.45, 7) is 7.76. The number of hydrogen-bond acceptors (Lipinski definition) is 5. The molecule has 1 unspecified atom stereocenters. The summed E-state index contributed by atoms with van der Waals surface area (Å²) in [5.41, 5.74) is 5.50. The zero-order chi connectivity index (χ0) is 12.0. The molecular weight excluding hydrogens is 206 g/mol. The van der Waals surface area contributed by atoms with E-state index in [1.54, 1.807) is 0 Å². The molecule has 5 heteroatoms. The molecule has 1 heterocycles. The van der Waals surface area contributed by atoms with E-state index >= 15 is 0 Å². The first-order valence-electron chi connectivity index (χ1n) is 5.77. The van der Waals surface area contributed by atoms with Gasteiger partial charge in [-0.2, -0.15) is 4.98 Å². The summed E-state index contributed by atoms with van der Waals surface area (Å²) >= 11 is 0. The molecular formula is C11H21N3O2. The van der Waals surface area contributed by atoms with Crippen LogP contribution in [0.15, 0.2) is 4.52 Å². The standard InChI is InChI=1S/C11H21N3O2/c1-4-6-15-7-9-13-10(16-14-9)11(3,5-2)8-12/h4-8,12H2,1-3H3. The van der Waals surface area contributed by atoms with Crippen LogP contribution in [-0.4, -0.2) is 23.3 Å². The van der Waals surface area contributed by atoms with Crippen LogP contribution in [0.25, 0.3) is 0 Å². The Morgan fingerprint density at radius 1 is 1.44 bits per heavy atom. The van der Waals surface area contributed by atoms with Gasteiger partial charge in [-0.3, -0.25) is 0 Å². The van der Waals surface area contributed by atoms with Gasteiger partial charge in [0.25, 0.3) is 0 Å². The minimum atomic E-state index is -0.226. The Morgan fingerprint density at radius 3 is 2.75 bits per heavy atom. The Bertz CT molecular complexity index is 308. The lowest BCUT2D eigenvalue weighted by Gasteiger charge is -2.20. The summed E-state index contributed by atoms with van der Waals surface area (Å²) < 4.78 is 10.6. The molecule has 0 spiro atoms. The van der Waals surface area contributed by atoms with Crippen molar-refractivity contribution in [3.8, 4) is 0 Å². The van der Waals surface area contributed by atoms with Crippen LogP contribution in [0, 0.1) is 0 Å². The van der Waals surface area contributed by atoms with Crippen LogP contribution >= 0.6 is 0 Å². The van der Waals surface area contributed by atoms with E-state index in [2.05, 4.69) is 24.0 Å². The van der Waals surface area contributed by atoms with Gasteiger partial charge in [-0.1, -0.05) is 19.0 Å². The molecule has 1 rings (SSSR count). The van der Waals surface area contributed by atoms with Crippen LogP contribution in [0.3, 0.4) is 0 Å². The van der Waals surface area contributed by atoms with E-state index < -0.39 is 0 Å². The summed E-state index contributed by atoms with van der Waals surface area (Å²) in [6.07, 6.45) is 1.86. The molecule has 1 aromatic rings. The van der Waals surface area contributed by atoms with Crippen LogP contribution in [0.5, 0.6) is 0 Å². The second-order valence-electron chi connectivity index (χ2n) is 4.19. The molecule has 5 nitrogen and oxygen atoms in total. The number of hydrogen-bond donors (Lipinski definition) is 1. The molecule has 0 fully saturated rings. The van der Waals surface area contributed by atoms with E-state index in [0.717, 1.165) is 12.8 Å². The number of nitrogens with zero attached hydrogens (tertiary/aromatic N) is 2. The number of aromatic nitrogens is 2. The lowest BCUT2D eigenvalue weighted by atomic mass is 9.88. The zero-order valence-electron chi connectivity index (χ0n) is 10.3. The van der Waals surface area contributed by atoms with Crippen molar-refractivity contribution < 1.29 is 9.26 Å². The van der Waals surface area contributed by atoms with Gasteiger partial charge in [-0.15, -0.1) is 0 Å². The van der Waals surface area contributed by atoms with Gasteiger partial charge in [-0.25, -0.2) is 0 Å². The Balaban J connectivity index is 2.63. The van der Waals surface area contributed by atoms with Gasteiger partial charge in [-0.05, 0) is 19.8 Å². The average Bonchev–Trinajstić information content (AvgIpc) is 2.78. The zero-order valence-corrected chi connectivity index (χ0v) is 10.3. The molecule has 0 aromatic carbocycles. The third-order valence-corrected chi connectivity index (χ3v) is 2.79. The molecule has 0 amide bonds. The van der Waals surface area contributed by atoms with Gasteiger partial charge in [0.1, 0.15) is 6.61 Å². The largest absolute Gasteiger partial charge is 0.373 e. The smallest absolute Gasteiger partial charge is 0.233 e. The first-order valence-corrected chi connectivity index (χ1v) is 5.77. The molecule has 0 aliphatic carbocycles. The maximum absolute atomic E-state index is 5.72. The highest BCUT2D eigenvalue weighted by molar-refractivity contribution is 5.03.